The number of fused-ring (bicyclic) bond motifs is 5. The van der Waals surface area contributed by atoms with Crippen LogP contribution in [0, 0.1) is 29.6 Å². The van der Waals surface area contributed by atoms with Crippen molar-refractivity contribution >= 4 is 0 Å². The molecular formula is C12H20O2. The van der Waals surface area contributed by atoms with E-state index >= 15 is 0 Å². The van der Waals surface area contributed by atoms with Crippen LogP contribution in [0.1, 0.15) is 25.7 Å². The van der Waals surface area contributed by atoms with Crippen LogP contribution in [0.5, 0.6) is 0 Å². The van der Waals surface area contributed by atoms with E-state index in [4.69, 9.17) is 4.74 Å². The van der Waals surface area contributed by atoms with E-state index in [1.807, 2.05) is 7.11 Å². The largest absolute Gasteiger partial charge is 0.396 e. The first kappa shape index (κ1) is 9.17. The highest BCUT2D eigenvalue weighted by molar-refractivity contribution is 5.05. The molecule has 6 atom stereocenters. The molecule has 3 fully saturated rings. The summed E-state index contributed by atoms with van der Waals surface area (Å²) in [5.41, 5.74) is 0. The summed E-state index contributed by atoms with van der Waals surface area (Å²) in [5.74, 6) is 4.17. The molecule has 6 unspecified atom stereocenters. The minimum atomic E-state index is 0.407. The van der Waals surface area contributed by atoms with Crippen molar-refractivity contribution in [3.05, 3.63) is 0 Å². The van der Waals surface area contributed by atoms with E-state index in [0.717, 1.165) is 23.7 Å². The average Bonchev–Trinajstić information content (AvgIpc) is 2.87. The Hall–Kier alpha value is -0.0800. The summed E-state index contributed by atoms with van der Waals surface area (Å²) in [5, 5.41) is 9.21. The minimum Gasteiger partial charge on any atom is -0.396 e. The van der Waals surface area contributed by atoms with Gasteiger partial charge in [-0.25, -0.2) is 0 Å². The molecule has 0 aromatic carbocycles. The molecule has 3 aliphatic rings. The van der Waals surface area contributed by atoms with Gasteiger partial charge in [0.1, 0.15) is 0 Å². The summed E-state index contributed by atoms with van der Waals surface area (Å²) in [6.45, 7) is 0.407. The fourth-order valence-corrected chi connectivity index (χ4v) is 4.54. The summed E-state index contributed by atoms with van der Waals surface area (Å²) in [4.78, 5) is 0. The van der Waals surface area contributed by atoms with Crippen LogP contribution in [-0.4, -0.2) is 24.9 Å². The van der Waals surface area contributed by atoms with Gasteiger partial charge in [0, 0.05) is 13.7 Å². The first-order chi connectivity index (χ1) is 6.83. The molecule has 3 aliphatic carbocycles. The third kappa shape index (κ3) is 1.10. The zero-order chi connectivity index (χ0) is 9.71. The van der Waals surface area contributed by atoms with E-state index in [2.05, 4.69) is 0 Å². The molecule has 3 rings (SSSR count). The molecule has 1 N–H and O–H groups in total. The van der Waals surface area contributed by atoms with Gasteiger partial charge in [-0.2, -0.15) is 0 Å². The molecule has 14 heavy (non-hydrogen) atoms. The van der Waals surface area contributed by atoms with Gasteiger partial charge in [0.15, 0.2) is 0 Å². The van der Waals surface area contributed by atoms with Gasteiger partial charge in [-0.3, -0.25) is 0 Å². The molecular weight excluding hydrogens is 176 g/mol. The number of aliphatic hydroxyl groups is 1. The van der Waals surface area contributed by atoms with Gasteiger partial charge >= 0.3 is 0 Å². The maximum absolute atomic E-state index is 9.21. The van der Waals surface area contributed by atoms with Gasteiger partial charge in [-0.15, -0.1) is 0 Å². The molecule has 0 aromatic heterocycles. The van der Waals surface area contributed by atoms with Gasteiger partial charge in [0.2, 0.25) is 0 Å². The number of hydrogen-bond acceptors (Lipinski definition) is 2. The highest BCUT2D eigenvalue weighted by Gasteiger charge is 2.55. The van der Waals surface area contributed by atoms with Crippen LogP contribution in [0.25, 0.3) is 0 Å². The zero-order valence-corrected chi connectivity index (χ0v) is 8.86. The van der Waals surface area contributed by atoms with E-state index in [-0.39, 0.29) is 0 Å². The van der Waals surface area contributed by atoms with Crippen LogP contribution in [0.2, 0.25) is 0 Å². The maximum Gasteiger partial charge on any atom is 0.0605 e. The van der Waals surface area contributed by atoms with E-state index in [1.165, 1.54) is 25.7 Å². The second-order valence-electron chi connectivity index (χ2n) is 5.52. The maximum atomic E-state index is 9.21. The molecule has 0 aliphatic heterocycles. The van der Waals surface area contributed by atoms with Crippen LogP contribution in [0.4, 0.5) is 0 Å². The predicted octanol–water partition coefficient (Wildman–Crippen LogP) is 1.68. The van der Waals surface area contributed by atoms with Crippen molar-refractivity contribution in [2.24, 2.45) is 29.6 Å². The monoisotopic (exact) mass is 196 g/mol. The molecule has 0 saturated heterocycles. The normalized spacial score (nSPS) is 55.3. The van der Waals surface area contributed by atoms with Crippen LogP contribution in [-0.2, 0) is 4.74 Å². The van der Waals surface area contributed by atoms with Crippen molar-refractivity contribution < 1.29 is 9.84 Å². The Morgan fingerprint density at radius 3 is 2.57 bits per heavy atom. The Bertz CT molecular complexity index is 226. The van der Waals surface area contributed by atoms with Gasteiger partial charge in [0.05, 0.1) is 6.10 Å². The van der Waals surface area contributed by atoms with Crippen molar-refractivity contribution in [2.45, 2.75) is 31.8 Å². The summed E-state index contributed by atoms with van der Waals surface area (Å²) < 4.78 is 5.56. The first-order valence-corrected chi connectivity index (χ1v) is 5.97. The van der Waals surface area contributed by atoms with E-state index in [1.54, 1.807) is 0 Å². The number of ether oxygens (including phenoxy) is 1. The molecule has 0 spiro atoms. The van der Waals surface area contributed by atoms with Crippen molar-refractivity contribution in [3.8, 4) is 0 Å². The van der Waals surface area contributed by atoms with Crippen LogP contribution in [0.15, 0.2) is 0 Å². The molecule has 80 valence electrons. The summed E-state index contributed by atoms with van der Waals surface area (Å²) in [7, 11) is 1.86. The Morgan fingerprint density at radius 1 is 1.07 bits per heavy atom. The summed E-state index contributed by atoms with van der Waals surface area (Å²) in [6, 6.07) is 0. The Kier molecular flexibility index (Phi) is 2.10. The van der Waals surface area contributed by atoms with E-state index in [9.17, 15) is 5.11 Å². The first-order valence-electron chi connectivity index (χ1n) is 5.97. The number of hydrogen-bond donors (Lipinski definition) is 1. The van der Waals surface area contributed by atoms with Crippen LogP contribution in [0.3, 0.4) is 0 Å². The lowest BCUT2D eigenvalue weighted by molar-refractivity contribution is 0.0221. The minimum absolute atomic E-state index is 0.407. The standard InChI is InChI=1S/C12H20O2/c1-14-12-5-8-4-11(12)10-3-7(6-13)2-9(8)10/h7-13H,2-6H2,1H3. The lowest BCUT2D eigenvalue weighted by Crippen LogP contribution is -2.29. The molecule has 0 aromatic rings. The van der Waals surface area contributed by atoms with Gasteiger partial charge in [-0.05, 0) is 55.3 Å². The lowest BCUT2D eigenvalue weighted by Gasteiger charge is -2.30. The van der Waals surface area contributed by atoms with Crippen molar-refractivity contribution in [2.75, 3.05) is 13.7 Å². The average molecular weight is 196 g/mol. The third-order valence-corrected chi connectivity index (χ3v) is 5.06. The Morgan fingerprint density at radius 2 is 1.86 bits per heavy atom. The van der Waals surface area contributed by atoms with Crippen molar-refractivity contribution in [1.82, 2.24) is 0 Å². The topological polar surface area (TPSA) is 29.5 Å². The van der Waals surface area contributed by atoms with Crippen LogP contribution < -0.4 is 0 Å². The highest BCUT2D eigenvalue weighted by atomic mass is 16.5. The zero-order valence-electron chi connectivity index (χ0n) is 8.86. The second-order valence-corrected chi connectivity index (χ2v) is 5.52. The predicted molar refractivity (Wildman–Crippen MR) is 53.8 cm³/mol. The summed E-state index contributed by atoms with van der Waals surface area (Å²) in [6.07, 6.45) is 5.80. The molecule has 2 nitrogen and oxygen atoms in total. The Balaban J connectivity index is 1.75. The SMILES string of the molecule is COC1CC2CC1C1CC(CO)CC21. The number of rotatable bonds is 2. The van der Waals surface area contributed by atoms with Crippen molar-refractivity contribution in [1.29, 1.82) is 0 Å². The molecule has 0 radical (unpaired) electrons. The van der Waals surface area contributed by atoms with Gasteiger partial charge < -0.3 is 9.84 Å². The van der Waals surface area contributed by atoms with Gasteiger partial charge in [-0.1, -0.05) is 0 Å². The smallest absolute Gasteiger partial charge is 0.0605 e. The lowest BCUT2D eigenvalue weighted by atomic mass is 9.80. The molecule has 2 bridgehead atoms. The second kappa shape index (κ2) is 3.21. The number of methoxy groups -OCH3 is 1. The Labute approximate surface area is 85.6 Å². The van der Waals surface area contributed by atoms with Gasteiger partial charge in [0.25, 0.3) is 0 Å². The van der Waals surface area contributed by atoms with Crippen molar-refractivity contribution in [3.63, 3.8) is 0 Å². The quantitative estimate of drug-likeness (QED) is 0.728. The third-order valence-electron chi connectivity index (χ3n) is 5.06. The highest BCUT2D eigenvalue weighted by Crippen LogP contribution is 2.60. The number of aliphatic hydroxyl groups excluding tert-OH is 1. The van der Waals surface area contributed by atoms with Crippen LogP contribution >= 0.6 is 0 Å². The fraction of sp³-hybridized carbons (Fsp3) is 1.00. The van der Waals surface area contributed by atoms with E-state index < -0.39 is 0 Å². The van der Waals surface area contributed by atoms with E-state index in [0.29, 0.717) is 18.6 Å². The fourth-order valence-electron chi connectivity index (χ4n) is 4.54. The summed E-state index contributed by atoms with van der Waals surface area (Å²) >= 11 is 0. The molecule has 0 amide bonds. The molecule has 3 saturated carbocycles. The molecule has 0 heterocycles. The molecule has 2 heteroatoms.